The number of nitrogens with two attached hydrogens (primary N) is 1. The fourth-order valence-corrected chi connectivity index (χ4v) is 3.30. The minimum Gasteiger partial charge on any atom is -0.497 e. The quantitative estimate of drug-likeness (QED) is 0.599. The van der Waals surface area contributed by atoms with Crippen molar-refractivity contribution >= 4 is 29.2 Å². The van der Waals surface area contributed by atoms with Crippen LogP contribution >= 0.6 is 0 Å². The molecule has 1 aliphatic rings. The molecule has 152 valence electrons. The highest BCUT2D eigenvalue weighted by molar-refractivity contribution is 6.03. The zero-order valence-corrected chi connectivity index (χ0v) is 16.1. The number of rotatable bonds is 5. The second-order valence-electron chi connectivity index (χ2n) is 6.78. The van der Waals surface area contributed by atoms with E-state index in [-0.39, 0.29) is 18.2 Å². The topological polar surface area (TPSA) is 128 Å². The van der Waals surface area contributed by atoms with Gasteiger partial charge in [-0.3, -0.25) is 14.4 Å². The molecule has 1 aromatic heterocycles. The van der Waals surface area contributed by atoms with Crippen molar-refractivity contribution in [2.75, 3.05) is 17.7 Å². The SMILES string of the molecule is COc1ccc(-c2cnn3c2NC(=O)C[C@@H]3C(=O)Nc2ccc(C(N)=O)cc2)cc1. The Morgan fingerprint density at radius 1 is 1.17 bits per heavy atom. The summed E-state index contributed by atoms with van der Waals surface area (Å²) >= 11 is 0. The van der Waals surface area contributed by atoms with Crippen molar-refractivity contribution < 1.29 is 19.1 Å². The third-order valence-corrected chi connectivity index (χ3v) is 4.87. The van der Waals surface area contributed by atoms with Gasteiger partial charge in [-0.25, -0.2) is 4.68 Å². The van der Waals surface area contributed by atoms with E-state index in [0.717, 1.165) is 5.56 Å². The molecule has 0 bridgehead atoms. The van der Waals surface area contributed by atoms with Gasteiger partial charge in [-0.1, -0.05) is 12.1 Å². The van der Waals surface area contributed by atoms with E-state index in [4.69, 9.17) is 10.5 Å². The molecule has 3 amide bonds. The van der Waals surface area contributed by atoms with Crippen molar-refractivity contribution in [1.29, 1.82) is 0 Å². The molecule has 4 N–H and O–H groups in total. The molecule has 0 saturated carbocycles. The summed E-state index contributed by atoms with van der Waals surface area (Å²) in [5, 5.41) is 9.90. The molecule has 0 spiro atoms. The van der Waals surface area contributed by atoms with Crippen molar-refractivity contribution in [3.63, 3.8) is 0 Å². The van der Waals surface area contributed by atoms with Gasteiger partial charge >= 0.3 is 0 Å². The average molecular weight is 405 g/mol. The molecular formula is C21H19N5O4. The number of nitrogens with one attached hydrogen (secondary N) is 2. The Balaban J connectivity index is 1.60. The van der Waals surface area contributed by atoms with E-state index in [2.05, 4.69) is 15.7 Å². The number of benzene rings is 2. The molecular weight excluding hydrogens is 386 g/mol. The Hall–Kier alpha value is -4.14. The first-order chi connectivity index (χ1) is 14.5. The van der Waals surface area contributed by atoms with E-state index in [1.807, 2.05) is 24.3 Å². The number of fused-ring (bicyclic) bond motifs is 1. The number of ether oxygens (including phenoxy) is 1. The van der Waals surface area contributed by atoms with E-state index < -0.39 is 11.9 Å². The molecule has 0 fully saturated rings. The first-order valence-electron chi connectivity index (χ1n) is 9.19. The lowest BCUT2D eigenvalue weighted by Gasteiger charge is -2.24. The third kappa shape index (κ3) is 3.60. The number of nitrogens with zero attached hydrogens (tertiary/aromatic N) is 2. The summed E-state index contributed by atoms with van der Waals surface area (Å²) in [5.74, 6) is -0.0440. The summed E-state index contributed by atoms with van der Waals surface area (Å²) in [5.41, 5.74) is 7.59. The van der Waals surface area contributed by atoms with Gasteiger partial charge in [0, 0.05) is 16.8 Å². The number of anilines is 2. The number of amides is 3. The highest BCUT2D eigenvalue weighted by Gasteiger charge is 2.33. The number of hydrogen-bond acceptors (Lipinski definition) is 5. The molecule has 2 heterocycles. The van der Waals surface area contributed by atoms with Crippen LogP contribution < -0.4 is 21.1 Å². The highest BCUT2D eigenvalue weighted by atomic mass is 16.5. The van der Waals surface area contributed by atoms with Crippen LogP contribution in [0.25, 0.3) is 11.1 Å². The Morgan fingerprint density at radius 3 is 2.50 bits per heavy atom. The Kier molecular flexibility index (Phi) is 4.93. The van der Waals surface area contributed by atoms with Crippen molar-refractivity contribution in [2.24, 2.45) is 5.73 Å². The number of hydrogen-bond donors (Lipinski definition) is 3. The minimum absolute atomic E-state index is 0.0397. The predicted molar refractivity (Wildman–Crippen MR) is 110 cm³/mol. The lowest BCUT2D eigenvalue weighted by Crippen LogP contribution is -2.35. The van der Waals surface area contributed by atoms with Crippen LogP contribution in [0.4, 0.5) is 11.5 Å². The molecule has 1 atom stereocenters. The molecule has 9 heteroatoms. The average Bonchev–Trinajstić information content (AvgIpc) is 3.17. The predicted octanol–water partition coefficient (Wildman–Crippen LogP) is 2.18. The maximum atomic E-state index is 12.9. The summed E-state index contributed by atoms with van der Waals surface area (Å²) in [6.45, 7) is 0. The van der Waals surface area contributed by atoms with Gasteiger partial charge in [0.15, 0.2) is 0 Å². The van der Waals surface area contributed by atoms with Gasteiger partial charge in [0.25, 0.3) is 0 Å². The monoisotopic (exact) mass is 405 g/mol. The molecule has 0 radical (unpaired) electrons. The minimum atomic E-state index is -0.809. The number of aromatic nitrogens is 2. The number of methoxy groups -OCH3 is 1. The lowest BCUT2D eigenvalue weighted by atomic mass is 10.1. The van der Waals surface area contributed by atoms with E-state index in [9.17, 15) is 14.4 Å². The van der Waals surface area contributed by atoms with Crippen LogP contribution in [0.15, 0.2) is 54.7 Å². The Bertz CT molecular complexity index is 1120. The fraction of sp³-hybridized carbons (Fsp3) is 0.143. The van der Waals surface area contributed by atoms with Gasteiger partial charge in [0.05, 0.1) is 19.7 Å². The van der Waals surface area contributed by atoms with Crippen molar-refractivity contribution in [3.05, 3.63) is 60.3 Å². The molecule has 9 nitrogen and oxygen atoms in total. The lowest BCUT2D eigenvalue weighted by molar-refractivity contribution is -0.125. The highest BCUT2D eigenvalue weighted by Crippen LogP contribution is 2.35. The molecule has 0 unspecified atom stereocenters. The zero-order chi connectivity index (χ0) is 21.3. The largest absolute Gasteiger partial charge is 0.497 e. The van der Waals surface area contributed by atoms with E-state index in [0.29, 0.717) is 28.4 Å². The van der Waals surface area contributed by atoms with Crippen molar-refractivity contribution in [1.82, 2.24) is 9.78 Å². The molecule has 2 aromatic carbocycles. The van der Waals surface area contributed by atoms with Crippen LogP contribution in [0, 0.1) is 0 Å². The van der Waals surface area contributed by atoms with Crippen LogP contribution in [-0.2, 0) is 9.59 Å². The summed E-state index contributed by atoms with van der Waals surface area (Å²) < 4.78 is 6.68. The van der Waals surface area contributed by atoms with Crippen LogP contribution in [0.3, 0.4) is 0 Å². The molecule has 0 saturated heterocycles. The maximum absolute atomic E-state index is 12.9. The van der Waals surface area contributed by atoms with E-state index in [1.54, 1.807) is 25.4 Å². The van der Waals surface area contributed by atoms with Gasteiger partial charge in [0.2, 0.25) is 17.7 Å². The molecule has 1 aliphatic heterocycles. The van der Waals surface area contributed by atoms with Crippen molar-refractivity contribution in [2.45, 2.75) is 12.5 Å². The number of carbonyl (C=O) groups excluding carboxylic acids is 3. The van der Waals surface area contributed by atoms with E-state index in [1.165, 1.54) is 16.8 Å². The van der Waals surface area contributed by atoms with Crippen molar-refractivity contribution in [3.8, 4) is 16.9 Å². The number of carbonyl (C=O) groups is 3. The first kappa shape index (κ1) is 19.2. The second kappa shape index (κ2) is 7.70. The molecule has 30 heavy (non-hydrogen) atoms. The summed E-state index contributed by atoms with van der Waals surface area (Å²) in [6.07, 6.45) is 1.58. The Morgan fingerprint density at radius 2 is 1.87 bits per heavy atom. The van der Waals surface area contributed by atoms with Gasteiger partial charge in [-0.15, -0.1) is 0 Å². The van der Waals surface area contributed by atoms with Crippen LogP contribution in [0.2, 0.25) is 0 Å². The normalized spacial score (nSPS) is 15.1. The first-order valence-corrected chi connectivity index (χ1v) is 9.19. The molecule has 0 aliphatic carbocycles. The van der Waals surface area contributed by atoms with Gasteiger partial charge < -0.3 is 21.1 Å². The van der Waals surface area contributed by atoms with Crippen LogP contribution in [0.5, 0.6) is 5.75 Å². The number of primary amides is 1. The standard InChI is InChI=1S/C21H19N5O4/c1-30-15-8-4-12(5-9-15)16-11-23-26-17(10-18(27)25-20(16)26)21(29)24-14-6-2-13(3-7-14)19(22)28/h2-9,11,17H,10H2,1H3,(H2,22,28)(H,24,29)(H,25,27)/t17-/m1/s1. The van der Waals surface area contributed by atoms with Gasteiger partial charge in [0.1, 0.15) is 17.6 Å². The van der Waals surface area contributed by atoms with Crippen LogP contribution in [0.1, 0.15) is 22.8 Å². The molecule has 4 rings (SSSR count). The smallest absolute Gasteiger partial charge is 0.249 e. The van der Waals surface area contributed by atoms with Gasteiger partial charge in [-0.2, -0.15) is 5.10 Å². The van der Waals surface area contributed by atoms with Crippen LogP contribution in [-0.4, -0.2) is 34.6 Å². The summed E-state index contributed by atoms with van der Waals surface area (Å²) in [4.78, 5) is 36.3. The van der Waals surface area contributed by atoms with E-state index >= 15 is 0 Å². The molecule has 3 aromatic rings. The zero-order valence-electron chi connectivity index (χ0n) is 16.1. The second-order valence-corrected chi connectivity index (χ2v) is 6.78. The maximum Gasteiger partial charge on any atom is 0.249 e. The third-order valence-electron chi connectivity index (χ3n) is 4.87. The van der Waals surface area contributed by atoms with Gasteiger partial charge in [-0.05, 0) is 42.0 Å². The summed E-state index contributed by atoms with van der Waals surface area (Å²) in [6, 6.07) is 12.7. The Labute approximate surface area is 171 Å². The fourth-order valence-electron chi connectivity index (χ4n) is 3.30. The summed E-state index contributed by atoms with van der Waals surface area (Å²) in [7, 11) is 1.58.